The number of nitrogens with one attached hydrogen (secondary N) is 1. The molecular weight excluding hydrogens is 222 g/mol. The van der Waals surface area contributed by atoms with E-state index in [1.165, 1.54) is 0 Å². The second-order valence-corrected chi connectivity index (χ2v) is 3.56. The number of aromatic amines is 1. The van der Waals surface area contributed by atoms with Crippen molar-refractivity contribution in [1.29, 1.82) is 0 Å². The van der Waals surface area contributed by atoms with Crippen LogP contribution in [0.1, 0.15) is 12.6 Å². The smallest absolute Gasteiger partial charge is 0.492 e. The van der Waals surface area contributed by atoms with Gasteiger partial charge in [0, 0.05) is 5.39 Å². The summed E-state index contributed by atoms with van der Waals surface area (Å²) in [4.78, 5) is 13.7. The monoisotopic (exact) mass is 235 g/mol. The minimum absolute atomic E-state index is 0.328. The van der Waals surface area contributed by atoms with Crippen LogP contribution in [0.25, 0.3) is 10.9 Å². The SMILES string of the molecule is CCOc1cccc2c(OC(=O)O)c(C)[nH]c12. The maximum Gasteiger partial charge on any atom is 0.511 e. The van der Waals surface area contributed by atoms with E-state index in [2.05, 4.69) is 4.98 Å². The number of aromatic nitrogens is 1. The molecule has 0 radical (unpaired) electrons. The summed E-state index contributed by atoms with van der Waals surface area (Å²) in [5.74, 6) is 1.02. The molecule has 5 heteroatoms. The second-order valence-electron chi connectivity index (χ2n) is 3.56. The molecule has 0 aliphatic carbocycles. The first-order valence-corrected chi connectivity index (χ1v) is 5.28. The molecule has 0 fully saturated rings. The molecule has 0 aliphatic rings. The van der Waals surface area contributed by atoms with Gasteiger partial charge in [-0.25, -0.2) is 4.79 Å². The molecular formula is C12H13NO4. The highest BCUT2D eigenvalue weighted by Gasteiger charge is 2.15. The molecule has 5 nitrogen and oxygen atoms in total. The normalized spacial score (nSPS) is 10.5. The fourth-order valence-electron chi connectivity index (χ4n) is 1.79. The van der Waals surface area contributed by atoms with Gasteiger partial charge in [-0.2, -0.15) is 0 Å². The lowest BCUT2D eigenvalue weighted by atomic mass is 10.2. The molecule has 1 aromatic heterocycles. The number of rotatable bonds is 3. The third kappa shape index (κ3) is 2.04. The molecule has 0 unspecified atom stereocenters. The predicted octanol–water partition coefficient (Wildman–Crippen LogP) is 2.93. The number of hydrogen-bond donors (Lipinski definition) is 2. The molecule has 2 rings (SSSR count). The molecule has 0 amide bonds. The van der Waals surface area contributed by atoms with Crippen molar-refractivity contribution >= 4 is 17.1 Å². The summed E-state index contributed by atoms with van der Waals surface area (Å²) in [6, 6.07) is 5.42. The van der Waals surface area contributed by atoms with E-state index in [0.29, 0.717) is 29.2 Å². The van der Waals surface area contributed by atoms with Gasteiger partial charge >= 0.3 is 6.16 Å². The maximum atomic E-state index is 10.6. The Bertz CT molecular complexity index is 559. The number of benzene rings is 1. The second kappa shape index (κ2) is 4.37. The Kier molecular flexibility index (Phi) is 2.91. The van der Waals surface area contributed by atoms with Crippen molar-refractivity contribution in [3.8, 4) is 11.5 Å². The Morgan fingerprint density at radius 2 is 2.24 bits per heavy atom. The lowest BCUT2D eigenvalue weighted by Gasteiger charge is -2.03. The summed E-state index contributed by atoms with van der Waals surface area (Å²) >= 11 is 0. The van der Waals surface area contributed by atoms with Crippen molar-refractivity contribution in [3.63, 3.8) is 0 Å². The Morgan fingerprint density at radius 1 is 1.47 bits per heavy atom. The van der Waals surface area contributed by atoms with Crippen molar-refractivity contribution in [3.05, 3.63) is 23.9 Å². The summed E-state index contributed by atoms with van der Waals surface area (Å²) in [6.45, 7) is 4.20. The summed E-state index contributed by atoms with van der Waals surface area (Å²) in [6.07, 6.45) is -1.32. The molecule has 0 saturated heterocycles. The Morgan fingerprint density at radius 3 is 2.88 bits per heavy atom. The number of H-pyrrole nitrogens is 1. The van der Waals surface area contributed by atoms with Crippen LogP contribution in [0.5, 0.6) is 11.5 Å². The molecule has 17 heavy (non-hydrogen) atoms. The van der Waals surface area contributed by atoms with E-state index in [9.17, 15) is 4.79 Å². The Balaban J connectivity index is 2.58. The fraction of sp³-hybridized carbons (Fsp3) is 0.250. The van der Waals surface area contributed by atoms with Crippen LogP contribution in [0, 0.1) is 6.92 Å². The van der Waals surface area contributed by atoms with Crippen LogP contribution >= 0.6 is 0 Å². The third-order valence-electron chi connectivity index (χ3n) is 2.41. The van der Waals surface area contributed by atoms with Crippen molar-refractivity contribution in [2.75, 3.05) is 6.61 Å². The Labute approximate surface area is 98.0 Å². The van der Waals surface area contributed by atoms with E-state index < -0.39 is 6.16 Å². The summed E-state index contributed by atoms with van der Waals surface area (Å²) in [5.41, 5.74) is 1.41. The first kappa shape index (κ1) is 11.3. The molecule has 0 aliphatic heterocycles. The van der Waals surface area contributed by atoms with Crippen LogP contribution < -0.4 is 9.47 Å². The molecule has 1 aromatic carbocycles. The van der Waals surface area contributed by atoms with Crippen LogP contribution in [0.3, 0.4) is 0 Å². The van der Waals surface area contributed by atoms with Gasteiger partial charge in [-0.15, -0.1) is 0 Å². The van der Waals surface area contributed by atoms with Gasteiger partial charge in [-0.3, -0.25) is 0 Å². The number of aryl methyl sites for hydroxylation is 1. The zero-order valence-electron chi connectivity index (χ0n) is 9.61. The van der Waals surface area contributed by atoms with E-state index in [1.54, 1.807) is 19.1 Å². The van der Waals surface area contributed by atoms with Gasteiger partial charge in [0.05, 0.1) is 17.8 Å². The van der Waals surface area contributed by atoms with Gasteiger partial charge < -0.3 is 19.6 Å². The molecule has 90 valence electrons. The van der Waals surface area contributed by atoms with Crippen LogP contribution in [0.4, 0.5) is 4.79 Å². The highest BCUT2D eigenvalue weighted by atomic mass is 16.7. The van der Waals surface area contributed by atoms with Gasteiger partial charge in [-0.05, 0) is 26.0 Å². The van der Waals surface area contributed by atoms with E-state index in [4.69, 9.17) is 14.6 Å². The summed E-state index contributed by atoms with van der Waals surface area (Å²) < 4.78 is 10.2. The van der Waals surface area contributed by atoms with Crippen molar-refractivity contribution < 1.29 is 19.4 Å². The van der Waals surface area contributed by atoms with E-state index in [-0.39, 0.29) is 0 Å². The van der Waals surface area contributed by atoms with Gasteiger partial charge in [0.25, 0.3) is 0 Å². The maximum absolute atomic E-state index is 10.6. The molecule has 2 aromatic rings. The number of carbonyl (C=O) groups is 1. The molecule has 1 heterocycles. The minimum Gasteiger partial charge on any atom is -0.492 e. The molecule has 0 atom stereocenters. The number of hydrogen-bond acceptors (Lipinski definition) is 3. The average molecular weight is 235 g/mol. The number of para-hydroxylation sites is 1. The third-order valence-corrected chi connectivity index (χ3v) is 2.41. The quantitative estimate of drug-likeness (QED) is 0.802. The standard InChI is InChI=1S/C12H13NO4/c1-3-16-9-6-4-5-8-10(9)13-7(2)11(8)17-12(14)15/h4-6,13H,3H2,1-2H3,(H,14,15). The highest BCUT2D eigenvalue weighted by Crippen LogP contribution is 2.34. The average Bonchev–Trinajstić information content (AvgIpc) is 2.57. The van der Waals surface area contributed by atoms with E-state index >= 15 is 0 Å². The van der Waals surface area contributed by atoms with Crippen molar-refractivity contribution in [1.82, 2.24) is 4.98 Å². The topological polar surface area (TPSA) is 71.6 Å². The van der Waals surface area contributed by atoms with Gasteiger partial charge in [-0.1, -0.05) is 6.07 Å². The van der Waals surface area contributed by atoms with Crippen molar-refractivity contribution in [2.45, 2.75) is 13.8 Å². The summed E-state index contributed by atoms with van der Waals surface area (Å²) in [5, 5.41) is 9.38. The molecule has 0 saturated carbocycles. The highest BCUT2D eigenvalue weighted by molar-refractivity contribution is 5.93. The molecule has 2 N–H and O–H groups in total. The predicted molar refractivity (Wildman–Crippen MR) is 62.9 cm³/mol. The van der Waals surface area contributed by atoms with Crippen molar-refractivity contribution in [2.24, 2.45) is 0 Å². The zero-order valence-corrected chi connectivity index (χ0v) is 9.61. The first-order valence-electron chi connectivity index (χ1n) is 5.28. The van der Waals surface area contributed by atoms with E-state index in [0.717, 1.165) is 5.52 Å². The first-order chi connectivity index (χ1) is 8.13. The minimum atomic E-state index is -1.32. The molecule has 0 spiro atoms. The molecule has 0 bridgehead atoms. The van der Waals surface area contributed by atoms with Crippen LogP contribution in [0.2, 0.25) is 0 Å². The van der Waals surface area contributed by atoms with Crippen LogP contribution in [-0.4, -0.2) is 22.9 Å². The zero-order chi connectivity index (χ0) is 12.4. The van der Waals surface area contributed by atoms with Gasteiger partial charge in [0.15, 0.2) is 5.75 Å². The lowest BCUT2D eigenvalue weighted by Crippen LogP contribution is -2.03. The summed E-state index contributed by atoms with van der Waals surface area (Å²) in [7, 11) is 0. The number of carboxylic acid groups (broad SMARTS) is 1. The van der Waals surface area contributed by atoms with Gasteiger partial charge in [0.2, 0.25) is 0 Å². The Hall–Kier alpha value is -2.17. The largest absolute Gasteiger partial charge is 0.511 e. The number of fused-ring (bicyclic) bond motifs is 1. The van der Waals surface area contributed by atoms with Crippen LogP contribution in [-0.2, 0) is 0 Å². The van der Waals surface area contributed by atoms with E-state index in [1.807, 2.05) is 13.0 Å². The number of ether oxygens (including phenoxy) is 2. The van der Waals surface area contributed by atoms with Crippen LogP contribution in [0.15, 0.2) is 18.2 Å². The van der Waals surface area contributed by atoms with Gasteiger partial charge in [0.1, 0.15) is 5.75 Å². The lowest BCUT2D eigenvalue weighted by molar-refractivity contribution is 0.144. The fourth-order valence-corrected chi connectivity index (χ4v) is 1.79.